The molecule has 0 radical (unpaired) electrons. The lowest BCUT2D eigenvalue weighted by Crippen LogP contribution is -2.22. The quantitative estimate of drug-likeness (QED) is 0.681. The predicted octanol–water partition coefficient (Wildman–Crippen LogP) is 4.33. The lowest BCUT2D eigenvalue weighted by atomic mass is 9.80. The van der Waals surface area contributed by atoms with Crippen molar-refractivity contribution in [1.82, 2.24) is 0 Å². The summed E-state index contributed by atoms with van der Waals surface area (Å²) in [5.41, 5.74) is 2.85. The number of carbonyl (C=O) groups excluding carboxylic acids is 1. The number of benzene rings is 1. The van der Waals surface area contributed by atoms with Gasteiger partial charge >= 0.3 is 0 Å². The van der Waals surface area contributed by atoms with Crippen LogP contribution in [0.4, 0.5) is 0 Å². The average molecular weight is 244 g/mol. The minimum atomic E-state index is 0.293. The van der Waals surface area contributed by atoms with Crippen LogP contribution in [0.2, 0.25) is 0 Å². The molecule has 1 aromatic rings. The first kappa shape index (κ1) is 13.3. The van der Waals surface area contributed by atoms with Gasteiger partial charge in [0.25, 0.3) is 0 Å². The van der Waals surface area contributed by atoms with Gasteiger partial charge in [-0.25, -0.2) is 0 Å². The van der Waals surface area contributed by atoms with E-state index < -0.39 is 0 Å². The Morgan fingerprint density at radius 3 is 2.72 bits per heavy atom. The molecule has 1 aliphatic rings. The van der Waals surface area contributed by atoms with Crippen LogP contribution in [0.3, 0.4) is 0 Å². The first-order valence-corrected chi connectivity index (χ1v) is 7.40. The second kappa shape index (κ2) is 6.72. The Bertz CT molecular complexity index is 394. The molecule has 0 saturated heterocycles. The molecule has 1 heteroatoms. The van der Waals surface area contributed by atoms with Crippen LogP contribution in [0.5, 0.6) is 0 Å². The van der Waals surface area contributed by atoms with Crippen LogP contribution in [0.1, 0.15) is 56.6 Å². The molecule has 0 bridgehead atoms. The fraction of sp³-hybridized carbons (Fsp3) is 0.588. The van der Waals surface area contributed by atoms with Crippen LogP contribution >= 0.6 is 0 Å². The van der Waals surface area contributed by atoms with Crippen LogP contribution in [0.15, 0.2) is 24.3 Å². The van der Waals surface area contributed by atoms with Crippen LogP contribution in [-0.4, -0.2) is 5.78 Å². The highest BCUT2D eigenvalue weighted by Gasteiger charge is 2.23. The Kier molecular flexibility index (Phi) is 4.98. The Labute approximate surface area is 111 Å². The fourth-order valence-corrected chi connectivity index (χ4v) is 2.90. The minimum Gasteiger partial charge on any atom is -0.299 e. The molecular formula is C17H24O. The number of hydrogen-bond acceptors (Lipinski definition) is 1. The Balaban J connectivity index is 1.83. The van der Waals surface area contributed by atoms with E-state index >= 15 is 0 Å². The van der Waals surface area contributed by atoms with E-state index in [9.17, 15) is 4.79 Å². The summed E-state index contributed by atoms with van der Waals surface area (Å²) < 4.78 is 0. The summed E-state index contributed by atoms with van der Waals surface area (Å²) in [6.45, 7) is 2.21. The van der Waals surface area contributed by atoms with E-state index in [4.69, 9.17) is 0 Å². The number of ketones is 1. The van der Waals surface area contributed by atoms with E-state index in [-0.39, 0.29) is 0 Å². The van der Waals surface area contributed by atoms with E-state index in [0.717, 1.165) is 32.1 Å². The molecule has 0 N–H and O–H groups in total. The van der Waals surface area contributed by atoms with Crippen LogP contribution in [0.25, 0.3) is 0 Å². The van der Waals surface area contributed by atoms with Gasteiger partial charge in [0, 0.05) is 12.3 Å². The summed E-state index contributed by atoms with van der Waals surface area (Å²) in [4.78, 5) is 12.2. The fourth-order valence-electron chi connectivity index (χ4n) is 2.90. The number of carbonyl (C=O) groups is 1. The van der Waals surface area contributed by atoms with Crippen molar-refractivity contribution in [3.63, 3.8) is 0 Å². The van der Waals surface area contributed by atoms with Crippen molar-refractivity contribution in [2.75, 3.05) is 0 Å². The highest BCUT2D eigenvalue weighted by molar-refractivity contribution is 5.81. The maximum absolute atomic E-state index is 12.2. The molecule has 0 saturated carbocycles. The number of Topliss-reactive ketones (excluding diaryl/α,β-unsaturated/α-hetero) is 1. The zero-order chi connectivity index (χ0) is 12.8. The summed E-state index contributed by atoms with van der Waals surface area (Å²) in [6, 6.07) is 8.59. The molecular weight excluding hydrogens is 220 g/mol. The van der Waals surface area contributed by atoms with E-state index in [1.807, 2.05) is 0 Å². The number of unbranched alkanes of at least 4 members (excludes halogenated alkanes) is 3. The van der Waals surface area contributed by atoms with Crippen molar-refractivity contribution in [3.05, 3.63) is 35.4 Å². The van der Waals surface area contributed by atoms with Gasteiger partial charge in [-0.2, -0.15) is 0 Å². The predicted molar refractivity (Wildman–Crippen MR) is 75.7 cm³/mol. The second-order valence-corrected chi connectivity index (χ2v) is 5.49. The minimum absolute atomic E-state index is 0.293. The molecule has 2 rings (SSSR count). The standard InChI is InChI=1S/C17H24O/c1-2-3-4-5-10-17(18)16-12-11-14-8-6-7-9-15(14)13-16/h6-9,16H,2-5,10-13H2,1H3. The lowest BCUT2D eigenvalue weighted by molar-refractivity contribution is -0.123. The third kappa shape index (κ3) is 3.44. The van der Waals surface area contributed by atoms with Gasteiger partial charge in [-0.15, -0.1) is 0 Å². The molecule has 1 atom stereocenters. The maximum atomic E-state index is 12.2. The molecule has 0 spiro atoms. The lowest BCUT2D eigenvalue weighted by Gasteiger charge is -2.23. The Morgan fingerprint density at radius 2 is 1.94 bits per heavy atom. The molecule has 0 aromatic heterocycles. The molecule has 1 aliphatic carbocycles. The average Bonchev–Trinajstić information content (AvgIpc) is 2.43. The summed E-state index contributed by atoms with van der Waals surface area (Å²) in [5.74, 6) is 0.794. The normalized spacial score (nSPS) is 18.4. The van der Waals surface area contributed by atoms with Crippen molar-refractivity contribution in [2.24, 2.45) is 5.92 Å². The molecule has 18 heavy (non-hydrogen) atoms. The van der Waals surface area contributed by atoms with Gasteiger partial charge < -0.3 is 0 Å². The van der Waals surface area contributed by atoms with Gasteiger partial charge in [-0.3, -0.25) is 4.79 Å². The van der Waals surface area contributed by atoms with Gasteiger partial charge in [0.1, 0.15) is 5.78 Å². The summed E-state index contributed by atoms with van der Waals surface area (Å²) in [5, 5.41) is 0. The number of rotatable bonds is 6. The van der Waals surface area contributed by atoms with E-state index in [0.29, 0.717) is 11.7 Å². The molecule has 98 valence electrons. The van der Waals surface area contributed by atoms with Gasteiger partial charge in [-0.1, -0.05) is 50.5 Å². The van der Waals surface area contributed by atoms with Crippen LogP contribution in [-0.2, 0) is 17.6 Å². The topological polar surface area (TPSA) is 17.1 Å². The molecule has 1 aromatic carbocycles. The molecule has 0 heterocycles. The van der Waals surface area contributed by atoms with Gasteiger partial charge in [0.2, 0.25) is 0 Å². The largest absolute Gasteiger partial charge is 0.299 e. The first-order valence-electron chi connectivity index (χ1n) is 7.40. The van der Waals surface area contributed by atoms with Crippen molar-refractivity contribution in [3.8, 4) is 0 Å². The Hall–Kier alpha value is -1.11. The summed E-state index contributed by atoms with van der Waals surface area (Å²) >= 11 is 0. The monoisotopic (exact) mass is 244 g/mol. The maximum Gasteiger partial charge on any atom is 0.136 e. The summed E-state index contributed by atoms with van der Waals surface area (Å²) in [6.07, 6.45) is 8.73. The SMILES string of the molecule is CCCCCCC(=O)C1CCc2ccccc2C1. The molecule has 0 amide bonds. The van der Waals surface area contributed by atoms with E-state index in [1.165, 1.54) is 30.4 Å². The van der Waals surface area contributed by atoms with Gasteiger partial charge in [-0.05, 0) is 36.8 Å². The molecule has 1 nitrogen and oxygen atoms in total. The highest BCUT2D eigenvalue weighted by atomic mass is 16.1. The first-order chi connectivity index (χ1) is 8.81. The zero-order valence-corrected chi connectivity index (χ0v) is 11.5. The van der Waals surface area contributed by atoms with Crippen molar-refractivity contribution >= 4 is 5.78 Å². The van der Waals surface area contributed by atoms with E-state index in [1.54, 1.807) is 0 Å². The van der Waals surface area contributed by atoms with Crippen LogP contribution in [0, 0.1) is 5.92 Å². The van der Waals surface area contributed by atoms with Crippen LogP contribution < -0.4 is 0 Å². The third-order valence-electron chi connectivity index (χ3n) is 4.08. The third-order valence-corrected chi connectivity index (χ3v) is 4.08. The summed E-state index contributed by atoms with van der Waals surface area (Å²) in [7, 11) is 0. The van der Waals surface area contributed by atoms with Crippen molar-refractivity contribution in [2.45, 2.75) is 58.3 Å². The number of hydrogen-bond donors (Lipinski definition) is 0. The molecule has 0 fully saturated rings. The zero-order valence-electron chi connectivity index (χ0n) is 11.5. The smallest absolute Gasteiger partial charge is 0.136 e. The molecule has 1 unspecified atom stereocenters. The van der Waals surface area contributed by atoms with Crippen molar-refractivity contribution in [1.29, 1.82) is 0 Å². The van der Waals surface area contributed by atoms with Crippen molar-refractivity contribution < 1.29 is 4.79 Å². The highest BCUT2D eigenvalue weighted by Crippen LogP contribution is 2.27. The molecule has 0 aliphatic heterocycles. The number of fused-ring (bicyclic) bond motifs is 1. The van der Waals surface area contributed by atoms with E-state index in [2.05, 4.69) is 31.2 Å². The second-order valence-electron chi connectivity index (χ2n) is 5.49. The Morgan fingerprint density at radius 1 is 1.17 bits per heavy atom. The van der Waals surface area contributed by atoms with Gasteiger partial charge in [0.15, 0.2) is 0 Å². The van der Waals surface area contributed by atoms with Gasteiger partial charge in [0.05, 0.1) is 0 Å². The number of aryl methyl sites for hydroxylation is 1.